The van der Waals surface area contributed by atoms with E-state index in [9.17, 15) is 0 Å². The number of nitrogens with one attached hydrogen (secondary N) is 1. The van der Waals surface area contributed by atoms with Crippen molar-refractivity contribution < 1.29 is 4.42 Å². The zero-order valence-electron chi connectivity index (χ0n) is 9.29. The van der Waals surface area contributed by atoms with E-state index in [1.54, 1.807) is 11.3 Å². The topological polar surface area (TPSA) is 25.2 Å². The van der Waals surface area contributed by atoms with E-state index in [4.69, 9.17) is 16.0 Å². The van der Waals surface area contributed by atoms with Crippen LogP contribution < -0.4 is 5.32 Å². The first-order valence-electron chi connectivity index (χ1n) is 5.18. The van der Waals surface area contributed by atoms with Crippen LogP contribution in [0.5, 0.6) is 0 Å². The van der Waals surface area contributed by atoms with E-state index in [1.807, 2.05) is 30.5 Å². The summed E-state index contributed by atoms with van der Waals surface area (Å²) in [6.07, 6.45) is 0. The molecular weight excluding hydrogens is 242 g/mol. The number of furan rings is 1. The van der Waals surface area contributed by atoms with Crippen LogP contribution in [0.3, 0.4) is 0 Å². The van der Waals surface area contributed by atoms with E-state index >= 15 is 0 Å². The van der Waals surface area contributed by atoms with Gasteiger partial charge in [-0.3, -0.25) is 0 Å². The Bertz CT molecular complexity index is 463. The molecule has 4 heteroatoms. The van der Waals surface area contributed by atoms with E-state index in [0.29, 0.717) is 0 Å². The van der Waals surface area contributed by atoms with Crippen molar-refractivity contribution in [2.45, 2.75) is 26.4 Å². The molecule has 0 fully saturated rings. The highest BCUT2D eigenvalue weighted by Crippen LogP contribution is 2.21. The van der Waals surface area contributed by atoms with E-state index in [0.717, 1.165) is 23.1 Å². The molecule has 0 aliphatic rings. The Labute approximate surface area is 104 Å². The summed E-state index contributed by atoms with van der Waals surface area (Å²) in [7, 11) is 0. The van der Waals surface area contributed by atoms with Crippen LogP contribution in [0.4, 0.5) is 0 Å². The van der Waals surface area contributed by atoms with Crippen LogP contribution in [0.2, 0.25) is 5.02 Å². The highest BCUT2D eigenvalue weighted by atomic mass is 35.5. The van der Waals surface area contributed by atoms with Gasteiger partial charge < -0.3 is 9.73 Å². The lowest BCUT2D eigenvalue weighted by atomic mass is 10.2. The molecule has 0 aliphatic heterocycles. The molecule has 0 saturated carbocycles. The highest BCUT2D eigenvalue weighted by molar-refractivity contribution is 7.10. The summed E-state index contributed by atoms with van der Waals surface area (Å²) < 4.78 is 5.55. The molecular formula is C12H14ClNOS. The molecule has 86 valence electrons. The average molecular weight is 256 g/mol. The molecule has 0 saturated heterocycles. The largest absolute Gasteiger partial charge is 0.465 e. The van der Waals surface area contributed by atoms with Gasteiger partial charge in [0, 0.05) is 16.8 Å². The van der Waals surface area contributed by atoms with Crippen LogP contribution in [0, 0.1) is 6.92 Å². The lowest BCUT2D eigenvalue weighted by Gasteiger charge is -2.09. The molecule has 2 heterocycles. The molecule has 1 atom stereocenters. The van der Waals surface area contributed by atoms with E-state index < -0.39 is 0 Å². The summed E-state index contributed by atoms with van der Waals surface area (Å²) in [6, 6.07) is 6.19. The first-order chi connectivity index (χ1) is 7.65. The van der Waals surface area contributed by atoms with Crippen molar-refractivity contribution in [3.8, 4) is 0 Å². The molecule has 1 unspecified atom stereocenters. The first-order valence-corrected chi connectivity index (χ1v) is 6.43. The quantitative estimate of drug-likeness (QED) is 0.888. The van der Waals surface area contributed by atoms with E-state index in [1.165, 1.54) is 4.88 Å². The zero-order valence-corrected chi connectivity index (χ0v) is 10.9. The van der Waals surface area contributed by atoms with Crippen molar-refractivity contribution in [1.82, 2.24) is 5.32 Å². The maximum absolute atomic E-state index is 5.86. The van der Waals surface area contributed by atoms with E-state index in [-0.39, 0.29) is 6.04 Å². The number of hydrogen-bond acceptors (Lipinski definition) is 3. The number of hydrogen-bond donors (Lipinski definition) is 1. The lowest BCUT2D eigenvalue weighted by Crippen LogP contribution is -2.16. The lowest BCUT2D eigenvalue weighted by molar-refractivity contribution is 0.416. The van der Waals surface area contributed by atoms with Gasteiger partial charge in [-0.25, -0.2) is 0 Å². The van der Waals surface area contributed by atoms with Crippen LogP contribution in [-0.2, 0) is 6.54 Å². The standard InChI is InChI=1S/C12H14ClNOS/c1-8-3-4-12(15-8)9(2)14-6-11-5-10(13)7-16-11/h3-5,7,9,14H,6H2,1-2H3. The van der Waals surface area contributed by atoms with Crippen LogP contribution in [0.15, 0.2) is 28.0 Å². The van der Waals surface area contributed by atoms with Gasteiger partial charge in [0.25, 0.3) is 0 Å². The Hall–Kier alpha value is -0.770. The van der Waals surface area contributed by atoms with Gasteiger partial charge in [0.15, 0.2) is 0 Å². The van der Waals surface area contributed by atoms with Crippen molar-refractivity contribution in [1.29, 1.82) is 0 Å². The van der Waals surface area contributed by atoms with Crippen molar-refractivity contribution in [3.05, 3.63) is 45.0 Å². The number of thiophene rings is 1. The Kier molecular flexibility index (Phi) is 3.69. The molecule has 2 aromatic rings. The van der Waals surface area contributed by atoms with Gasteiger partial charge in [-0.1, -0.05) is 11.6 Å². The second kappa shape index (κ2) is 5.04. The minimum atomic E-state index is 0.217. The second-order valence-corrected chi connectivity index (χ2v) is 5.21. The predicted molar refractivity (Wildman–Crippen MR) is 68.0 cm³/mol. The average Bonchev–Trinajstić information content (AvgIpc) is 2.84. The Morgan fingerprint density at radius 2 is 2.31 bits per heavy atom. The van der Waals surface area contributed by atoms with Crippen LogP contribution in [0.25, 0.3) is 0 Å². The third-order valence-electron chi connectivity index (χ3n) is 2.39. The number of rotatable bonds is 4. The molecule has 2 aromatic heterocycles. The Morgan fingerprint density at radius 3 is 2.88 bits per heavy atom. The van der Waals surface area contributed by atoms with Crippen molar-refractivity contribution >= 4 is 22.9 Å². The molecule has 1 N–H and O–H groups in total. The van der Waals surface area contributed by atoms with Gasteiger partial charge in [-0.15, -0.1) is 11.3 Å². The van der Waals surface area contributed by atoms with Gasteiger partial charge >= 0.3 is 0 Å². The van der Waals surface area contributed by atoms with Gasteiger partial charge in [0.05, 0.1) is 11.1 Å². The summed E-state index contributed by atoms with van der Waals surface area (Å²) in [6.45, 7) is 4.86. The highest BCUT2D eigenvalue weighted by Gasteiger charge is 2.09. The molecule has 2 rings (SSSR count). The SMILES string of the molecule is Cc1ccc(C(C)NCc2cc(Cl)cs2)o1. The van der Waals surface area contributed by atoms with Crippen molar-refractivity contribution in [2.75, 3.05) is 0 Å². The van der Waals surface area contributed by atoms with Crippen LogP contribution in [0.1, 0.15) is 29.4 Å². The number of halogens is 1. The Balaban J connectivity index is 1.91. The summed E-state index contributed by atoms with van der Waals surface area (Å²) in [5.41, 5.74) is 0. The van der Waals surface area contributed by atoms with Gasteiger partial charge in [-0.05, 0) is 32.0 Å². The first kappa shape index (κ1) is 11.7. The summed E-state index contributed by atoms with van der Waals surface area (Å²) in [5, 5.41) is 6.15. The summed E-state index contributed by atoms with van der Waals surface area (Å²) in [5.74, 6) is 1.92. The molecule has 0 amide bonds. The van der Waals surface area contributed by atoms with Gasteiger partial charge in [-0.2, -0.15) is 0 Å². The smallest absolute Gasteiger partial charge is 0.120 e. The molecule has 0 bridgehead atoms. The van der Waals surface area contributed by atoms with Gasteiger partial charge in [0.2, 0.25) is 0 Å². The number of aryl methyl sites for hydroxylation is 1. The van der Waals surface area contributed by atoms with Crippen molar-refractivity contribution in [3.63, 3.8) is 0 Å². The predicted octanol–water partition coefficient (Wildman–Crippen LogP) is 4.15. The summed E-state index contributed by atoms with van der Waals surface area (Å²) >= 11 is 7.53. The monoisotopic (exact) mass is 255 g/mol. The van der Waals surface area contributed by atoms with Crippen molar-refractivity contribution in [2.24, 2.45) is 0 Å². The molecule has 0 spiro atoms. The summed E-state index contributed by atoms with van der Waals surface area (Å²) in [4.78, 5) is 1.24. The van der Waals surface area contributed by atoms with E-state index in [2.05, 4.69) is 12.2 Å². The zero-order chi connectivity index (χ0) is 11.5. The Morgan fingerprint density at radius 1 is 1.50 bits per heavy atom. The minimum Gasteiger partial charge on any atom is -0.465 e. The molecule has 2 nitrogen and oxygen atoms in total. The van der Waals surface area contributed by atoms with Crippen LogP contribution >= 0.6 is 22.9 Å². The maximum Gasteiger partial charge on any atom is 0.120 e. The normalized spacial score (nSPS) is 12.9. The fraction of sp³-hybridized carbons (Fsp3) is 0.333. The second-order valence-electron chi connectivity index (χ2n) is 3.78. The minimum absolute atomic E-state index is 0.217. The molecule has 16 heavy (non-hydrogen) atoms. The molecule has 0 aromatic carbocycles. The molecule has 0 radical (unpaired) electrons. The molecule has 0 aliphatic carbocycles. The van der Waals surface area contributed by atoms with Crippen LogP contribution in [-0.4, -0.2) is 0 Å². The third kappa shape index (κ3) is 2.88. The maximum atomic E-state index is 5.86. The van der Waals surface area contributed by atoms with Gasteiger partial charge in [0.1, 0.15) is 11.5 Å². The third-order valence-corrected chi connectivity index (χ3v) is 3.68. The fourth-order valence-electron chi connectivity index (χ4n) is 1.49. The fourth-order valence-corrected chi connectivity index (χ4v) is 2.51.